The highest BCUT2D eigenvalue weighted by Crippen LogP contribution is 2.29. The second-order valence-electron chi connectivity index (χ2n) is 3.14. The van der Waals surface area contributed by atoms with Crippen molar-refractivity contribution in [3.05, 3.63) is 24.0 Å². The van der Waals surface area contributed by atoms with Crippen molar-refractivity contribution in [1.29, 1.82) is 0 Å². The molecule has 0 aliphatic heterocycles. The van der Waals surface area contributed by atoms with E-state index >= 15 is 0 Å². The summed E-state index contributed by atoms with van der Waals surface area (Å²) in [4.78, 5) is 3.90. The topological polar surface area (TPSA) is 48.1 Å². The van der Waals surface area contributed by atoms with E-state index in [1.165, 1.54) is 19.5 Å². The molecule has 0 amide bonds. The molecule has 14 heavy (non-hydrogen) atoms. The summed E-state index contributed by atoms with van der Waals surface area (Å²) in [7, 11) is 1.52. The van der Waals surface area contributed by atoms with Gasteiger partial charge in [-0.25, -0.2) is 4.39 Å². The lowest BCUT2D eigenvalue weighted by Crippen LogP contribution is -2.29. The van der Waals surface area contributed by atoms with Crippen LogP contribution in [0.2, 0.25) is 0 Å². The fraction of sp³-hybridized carbons (Fsp3) is 0.500. The van der Waals surface area contributed by atoms with Gasteiger partial charge in [0.25, 0.3) is 0 Å². The van der Waals surface area contributed by atoms with Crippen molar-refractivity contribution < 1.29 is 9.13 Å². The van der Waals surface area contributed by atoms with E-state index in [9.17, 15) is 4.39 Å². The van der Waals surface area contributed by atoms with Crippen LogP contribution in [0.15, 0.2) is 18.5 Å². The van der Waals surface area contributed by atoms with Crippen LogP contribution in [0.25, 0.3) is 0 Å². The fourth-order valence-electron chi connectivity index (χ4n) is 1.24. The summed E-state index contributed by atoms with van der Waals surface area (Å²) in [5.74, 6) is 0.548. The average Bonchev–Trinajstić information content (AvgIpc) is 2.28. The molecule has 4 heteroatoms. The molecule has 1 aromatic rings. The molecular weight excluding hydrogens is 183 g/mol. The van der Waals surface area contributed by atoms with E-state index in [-0.39, 0.29) is 6.54 Å². The number of nitrogens with two attached hydrogens (primary N) is 1. The molecule has 1 heterocycles. The highest BCUT2D eigenvalue weighted by Gasteiger charge is 2.28. The summed E-state index contributed by atoms with van der Waals surface area (Å²) >= 11 is 0. The quantitative estimate of drug-likeness (QED) is 0.799. The van der Waals surface area contributed by atoms with Crippen molar-refractivity contribution in [1.82, 2.24) is 4.98 Å². The van der Waals surface area contributed by atoms with Gasteiger partial charge in [-0.1, -0.05) is 6.92 Å². The van der Waals surface area contributed by atoms with Crippen molar-refractivity contribution in [3.63, 3.8) is 0 Å². The van der Waals surface area contributed by atoms with E-state index in [0.29, 0.717) is 17.7 Å². The Morgan fingerprint density at radius 2 is 2.29 bits per heavy atom. The second kappa shape index (κ2) is 4.37. The van der Waals surface area contributed by atoms with Crippen LogP contribution in [0.3, 0.4) is 0 Å². The third-order valence-corrected chi connectivity index (χ3v) is 2.35. The molecule has 1 atom stereocenters. The number of methoxy groups -OCH3 is 1. The molecule has 0 aliphatic rings. The minimum absolute atomic E-state index is 0.0433. The molecule has 0 radical (unpaired) electrons. The van der Waals surface area contributed by atoms with E-state index in [4.69, 9.17) is 10.5 Å². The summed E-state index contributed by atoms with van der Waals surface area (Å²) < 4.78 is 19.0. The minimum atomic E-state index is -1.50. The van der Waals surface area contributed by atoms with Gasteiger partial charge in [-0.15, -0.1) is 0 Å². The number of alkyl halides is 1. The first kappa shape index (κ1) is 10.9. The third-order valence-electron chi connectivity index (χ3n) is 2.35. The van der Waals surface area contributed by atoms with Crippen LogP contribution in [0.1, 0.15) is 18.9 Å². The molecular formula is C10H15FN2O. The Balaban J connectivity index is 3.04. The normalized spacial score (nSPS) is 14.9. The van der Waals surface area contributed by atoms with Crippen LogP contribution < -0.4 is 10.5 Å². The molecule has 78 valence electrons. The Hall–Kier alpha value is -1.16. The van der Waals surface area contributed by atoms with Crippen LogP contribution in [-0.4, -0.2) is 18.6 Å². The number of halogens is 1. The van der Waals surface area contributed by atoms with Gasteiger partial charge in [-0.2, -0.15) is 0 Å². The Labute approximate surface area is 83.1 Å². The predicted molar refractivity (Wildman–Crippen MR) is 52.9 cm³/mol. The molecule has 0 saturated carbocycles. The van der Waals surface area contributed by atoms with E-state index in [2.05, 4.69) is 4.98 Å². The molecule has 0 aromatic carbocycles. The number of pyridine rings is 1. The van der Waals surface area contributed by atoms with Gasteiger partial charge in [-0.05, 0) is 12.5 Å². The molecule has 0 spiro atoms. The standard InChI is InChI=1S/C10H15FN2O/c1-3-10(11,7-12)8-4-9(14-2)6-13-5-8/h4-6H,3,7,12H2,1-2H3. The maximum Gasteiger partial charge on any atom is 0.149 e. The van der Waals surface area contributed by atoms with E-state index in [1.54, 1.807) is 13.0 Å². The monoisotopic (exact) mass is 198 g/mol. The minimum Gasteiger partial charge on any atom is -0.495 e. The first-order chi connectivity index (χ1) is 6.66. The zero-order chi connectivity index (χ0) is 10.6. The number of ether oxygens (including phenoxy) is 1. The van der Waals surface area contributed by atoms with Gasteiger partial charge >= 0.3 is 0 Å². The van der Waals surface area contributed by atoms with Crippen molar-refractivity contribution in [2.45, 2.75) is 19.0 Å². The summed E-state index contributed by atoms with van der Waals surface area (Å²) in [6.45, 7) is 1.71. The summed E-state index contributed by atoms with van der Waals surface area (Å²) in [5.41, 5.74) is 4.37. The average molecular weight is 198 g/mol. The molecule has 3 nitrogen and oxygen atoms in total. The zero-order valence-corrected chi connectivity index (χ0v) is 8.46. The van der Waals surface area contributed by atoms with E-state index in [0.717, 1.165) is 0 Å². The number of hydrogen-bond donors (Lipinski definition) is 1. The predicted octanol–water partition coefficient (Wildman–Crippen LogP) is 1.62. The summed E-state index contributed by atoms with van der Waals surface area (Å²) in [6, 6.07) is 1.63. The number of rotatable bonds is 4. The highest BCUT2D eigenvalue weighted by molar-refractivity contribution is 5.28. The molecule has 0 bridgehead atoms. The zero-order valence-electron chi connectivity index (χ0n) is 8.46. The highest BCUT2D eigenvalue weighted by atomic mass is 19.1. The first-order valence-corrected chi connectivity index (χ1v) is 4.54. The molecule has 0 aliphatic carbocycles. The Kier molecular flexibility index (Phi) is 3.41. The number of aromatic nitrogens is 1. The van der Waals surface area contributed by atoms with Gasteiger partial charge in [-0.3, -0.25) is 4.98 Å². The van der Waals surface area contributed by atoms with Crippen molar-refractivity contribution in [2.24, 2.45) is 5.73 Å². The Morgan fingerprint density at radius 3 is 2.79 bits per heavy atom. The van der Waals surface area contributed by atoms with Crippen molar-refractivity contribution >= 4 is 0 Å². The van der Waals surface area contributed by atoms with Gasteiger partial charge < -0.3 is 10.5 Å². The van der Waals surface area contributed by atoms with E-state index < -0.39 is 5.67 Å². The molecule has 1 aromatic heterocycles. The molecule has 1 unspecified atom stereocenters. The Morgan fingerprint density at radius 1 is 1.57 bits per heavy atom. The first-order valence-electron chi connectivity index (χ1n) is 4.54. The number of hydrogen-bond acceptors (Lipinski definition) is 3. The van der Waals surface area contributed by atoms with Crippen LogP contribution >= 0.6 is 0 Å². The van der Waals surface area contributed by atoms with Crippen molar-refractivity contribution in [3.8, 4) is 5.75 Å². The smallest absolute Gasteiger partial charge is 0.149 e. The van der Waals surface area contributed by atoms with Gasteiger partial charge in [0, 0.05) is 18.3 Å². The molecule has 0 saturated heterocycles. The lowest BCUT2D eigenvalue weighted by Gasteiger charge is -2.22. The Bertz CT molecular complexity index is 300. The van der Waals surface area contributed by atoms with Gasteiger partial charge in [0.2, 0.25) is 0 Å². The van der Waals surface area contributed by atoms with Gasteiger partial charge in [0.05, 0.1) is 13.3 Å². The largest absolute Gasteiger partial charge is 0.495 e. The van der Waals surface area contributed by atoms with Crippen LogP contribution in [-0.2, 0) is 5.67 Å². The number of nitrogens with zero attached hydrogens (tertiary/aromatic N) is 1. The molecule has 2 N–H and O–H groups in total. The van der Waals surface area contributed by atoms with Gasteiger partial charge in [0.1, 0.15) is 11.4 Å². The maximum absolute atomic E-state index is 14.1. The van der Waals surface area contributed by atoms with Crippen LogP contribution in [0.4, 0.5) is 4.39 Å². The summed E-state index contributed by atoms with van der Waals surface area (Å²) in [5, 5.41) is 0. The summed E-state index contributed by atoms with van der Waals surface area (Å²) in [6.07, 6.45) is 3.35. The van der Waals surface area contributed by atoms with Crippen molar-refractivity contribution in [2.75, 3.05) is 13.7 Å². The second-order valence-corrected chi connectivity index (χ2v) is 3.14. The SMILES string of the molecule is CCC(F)(CN)c1cncc(OC)c1. The fourth-order valence-corrected chi connectivity index (χ4v) is 1.24. The maximum atomic E-state index is 14.1. The van der Waals surface area contributed by atoms with Gasteiger partial charge in [0.15, 0.2) is 0 Å². The van der Waals surface area contributed by atoms with E-state index in [1.807, 2.05) is 0 Å². The third kappa shape index (κ3) is 2.01. The molecule has 1 rings (SSSR count). The molecule has 0 fully saturated rings. The van der Waals surface area contributed by atoms with Crippen LogP contribution in [0, 0.1) is 0 Å². The lowest BCUT2D eigenvalue weighted by molar-refractivity contribution is 0.168. The van der Waals surface area contributed by atoms with Crippen LogP contribution in [0.5, 0.6) is 5.75 Å². The lowest BCUT2D eigenvalue weighted by atomic mass is 9.95.